The predicted molar refractivity (Wildman–Crippen MR) is 110 cm³/mol. The SMILES string of the molecule is Cc1noc2nc(-c3ccco3)cc(C(=O)Oc3ccc(Oc4ccccn4)cc3)c12. The van der Waals surface area contributed by atoms with E-state index in [0.29, 0.717) is 39.9 Å². The maximum Gasteiger partial charge on any atom is 0.344 e. The molecule has 31 heavy (non-hydrogen) atoms. The fraction of sp³-hybridized carbons (Fsp3) is 0.0435. The van der Waals surface area contributed by atoms with Gasteiger partial charge in [0.05, 0.1) is 22.9 Å². The summed E-state index contributed by atoms with van der Waals surface area (Å²) in [5, 5.41) is 4.42. The highest BCUT2D eigenvalue weighted by Crippen LogP contribution is 2.29. The maximum atomic E-state index is 13.0. The van der Waals surface area contributed by atoms with Crippen LogP contribution in [0.4, 0.5) is 0 Å². The molecule has 0 aliphatic carbocycles. The topological polar surface area (TPSA) is 100 Å². The van der Waals surface area contributed by atoms with Crippen molar-refractivity contribution >= 4 is 17.1 Å². The lowest BCUT2D eigenvalue weighted by Crippen LogP contribution is -2.10. The Morgan fingerprint density at radius 3 is 2.58 bits per heavy atom. The van der Waals surface area contributed by atoms with Crippen LogP contribution in [0.25, 0.3) is 22.6 Å². The van der Waals surface area contributed by atoms with Crippen molar-refractivity contribution < 1.29 is 23.2 Å². The average molecular weight is 413 g/mol. The summed E-state index contributed by atoms with van der Waals surface area (Å²) in [6, 6.07) is 17.1. The van der Waals surface area contributed by atoms with Crippen LogP contribution in [0.1, 0.15) is 16.1 Å². The molecule has 0 atom stereocenters. The summed E-state index contributed by atoms with van der Waals surface area (Å²) >= 11 is 0. The molecular formula is C23H15N3O5. The number of carbonyl (C=O) groups is 1. The van der Waals surface area contributed by atoms with Gasteiger partial charge in [-0.1, -0.05) is 11.2 Å². The number of rotatable bonds is 5. The lowest BCUT2D eigenvalue weighted by atomic mass is 10.1. The second-order valence-corrected chi connectivity index (χ2v) is 6.61. The van der Waals surface area contributed by atoms with Crippen molar-refractivity contribution in [1.29, 1.82) is 0 Å². The summed E-state index contributed by atoms with van der Waals surface area (Å²) < 4.78 is 21.9. The Morgan fingerprint density at radius 2 is 1.84 bits per heavy atom. The van der Waals surface area contributed by atoms with Gasteiger partial charge in [-0.3, -0.25) is 0 Å². The number of furan rings is 1. The van der Waals surface area contributed by atoms with E-state index in [1.165, 1.54) is 6.26 Å². The predicted octanol–water partition coefficient (Wildman–Crippen LogP) is 5.20. The number of hydrogen-bond donors (Lipinski definition) is 0. The van der Waals surface area contributed by atoms with Crippen LogP contribution in [-0.2, 0) is 0 Å². The first kappa shape index (κ1) is 18.6. The van der Waals surface area contributed by atoms with Crippen LogP contribution < -0.4 is 9.47 Å². The quantitative estimate of drug-likeness (QED) is 0.286. The smallest absolute Gasteiger partial charge is 0.344 e. The molecule has 4 aromatic heterocycles. The van der Waals surface area contributed by atoms with Crippen molar-refractivity contribution in [2.75, 3.05) is 0 Å². The maximum absolute atomic E-state index is 13.0. The molecule has 0 fully saturated rings. The van der Waals surface area contributed by atoms with Gasteiger partial charge < -0.3 is 18.4 Å². The second-order valence-electron chi connectivity index (χ2n) is 6.61. The van der Waals surface area contributed by atoms with Gasteiger partial charge in [-0.05, 0) is 55.5 Å². The Bertz CT molecular complexity index is 1340. The molecule has 8 heteroatoms. The molecule has 0 aliphatic rings. The monoisotopic (exact) mass is 413 g/mol. The molecule has 0 bridgehead atoms. The minimum atomic E-state index is -0.565. The molecule has 152 valence electrons. The van der Waals surface area contributed by atoms with E-state index < -0.39 is 5.97 Å². The number of aromatic nitrogens is 3. The Morgan fingerprint density at radius 1 is 1.00 bits per heavy atom. The Hall–Kier alpha value is -4.46. The van der Waals surface area contributed by atoms with Gasteiger partial charge in [-0.15, -0.1) is 0 Å². The number of aryl methyl sites for hydroxylation is 1. The molecule has 8 nitrogen and oxygen atoms in total. The van der Waals surface area contributed by atoms with Gasteiger partial charge >= 0.3 is 5.97 Å². The van der Waals surface area contributed by atoms with E-state index in [1.807, 2.05) is 6.07 Å². The molecule has 0 saturated heterocycles. The Balaban J connectivity index is 1.42. The van der Waals surface area contributed by atoms with E-state index in [4.69, 9.17) is 18.4 Å². The normalized spacial score (nSPS) is 10.9. The number of nitrogens with zero attached hydrogens (tertiary/aromatic N) is 3. The van der Waals surface area contributed by atoms with Crippen LogP contribution in [0.5, 0.6) is 17.4 Å². The van der Waals surface area contributed by atoms with Crippen molar-refractivity contribution in [1.82, 2.24) is 15.1 Å². The van der Waals surface area contributed by atoms with E-state index in [9.17, 15) is 4.79 Å². The zero-order valence-corrected chi connectivity index (χ0v) is 16.3. The van der Waals surface area contributed by atoms with Crippen molar-refractivity contribution in [2.45, 2.75) is 6.92 Å². The highest BCUT2D eigenvalue weighted by Gasteiger charge is 2.21. The van der Waals surface area contributed by atoms with Gasteiger partial charge in [-0.25, -0.2) is 14.8 Å². The van der Waals surface area contributed by atoms with Crippen molar-refractivity contribution in [3.05, 3.63) is 84.4 Å². The molecule has 1 aromatic carbocycles. The zero-order chi connectivity index (χ0) is 21.2. The molecule has 4 heterocycles. The van der Waals surface area contributed by atoms with Crippen LogP contribution in [0, 0.1) is 6.92 Å². The van der Waals surface area contributed by atoms with E-state index >= 15 is 0 Å². The van der Waals surface area contributed by atoms with Gasteiger partial charge in [0.25, 0.3) is 5.71 Å². The summed E-state index contributed by atoms with van der Waals surface area (Å²) in [4.78, 5) is 21.5. The standard InChI is InChI=1S/C23H15N3O5/c1-14-21-17(13-18(19-5-4-12-28-19)25-22(21)31-26-14)23(27)30-16-9-7-15(8-10-16)29-20-6-2-3-11-24-20/h2-13H,1H3. The van der Waals surface area contributed by atoms with Crippen molar-refractivity contribution in [3.63, 3.8) is 0 Å². The number of benzene rings is 1. The summed E-state index contributed by atoms with van der Waals surface area (Å²) in [6.07, 6.45) is 3.17. The molecule has 0 unspecified atom stereocenters. The third kappa shape index (κ3) is 3.74. The van der Waals surface area contributed by atoms with Crippen LogP contribution in [0.3, 0.4) is 0 Å². The minimum Gasteiger partial charge on any atom is -0.463 e. The summed E-state index contributed by atoms with van der Waals surface area (Å²) in [5.41, 5.74) is 1.50. The lowest BCUT2D eigenvalue weighted by molar-refractivity contribution is 0.0736. The Kier molecular flexibility index (Phi) is 4.64. The molecule has 0 spiro atoms. The van der Waals surface area contributed by atoms with Crippen LogP contribution in [0.15, 0.2) is 82.1 Å². The lowest BCUT2D eigenvalue weighted by Gasteiger charge is -2.08. The molecule has 0 N–H and O–H groups in total. The minimum absolute atomic E-state index is 0.234. The number of ether oxygens (including phenoxy) is 2. The molecular weight excluding hydrogens is 398 g/mol. The van der Waals surface area contributed by atoms with Gasteiger partial charge in [0.1, 0.15) is 17.2 Å². The molecule has 0 amide bonds. The fourth-order valence-electron chi connectivity index (χ4n) is 3.07. The third-order valence-electron chi connectivity index (χ3n) is 4.51. The third-order valence-corrected chi connectivity index (χ3v) is 4.51. The van der Waals surface area contributed by atoms with E-state index in [2.05, 4.69) is 15.1 Å². The number of fused-ring (bicyclic) bond motifs is 1. The van der Waals surface area contributed by atoms with E-state index in [-0.39, 0.29) is 11.3 Å². The number of pyridine rings is 2. The molecule has 0 saturated carbocycles. The highest BCUT2D eigenvalue weighted by atomic mass is 16.5. The summed E-state index contributed by atoms with van der Waals surface area (Å²) in [5.74, 6) is 1.34. The first-order valence-electron chi connectivity index (χ1n) is 9.39. The number of carbonyl (C=O) groups excluding carboxylic acids is 1. The van der Waals surface area contributed by atoms with Gasteiger partial charge in [0.2, 0.25) is 5.88 Å². The summed E-state index contributed by atoms with van der Waals surface area (Å²) in [7, 11) is 0. The van der Waals surface area contributed by atoms with E-state index in [1.54, 1.807) is 67.7 Å². The first-order valence-corrected chi connectivity index (χ1v) is 9.39. The van der Waals surface area contributed by atoms with Gasteiger partial charge in [0, 0.05) is 12.3 Å². The first-order chi connectivity index (χ1) is 15.2. The number of hydrogen-bond acceptors (Lipinski definition) is 8. The van der Waals surface area contributed by atoms with Gasteiger partial charge in [0.15, 0.2) is 5.76 Å². The van der Waals surface area contributed by atoms with Crippen LogP contribution >= 0.6 is 0 Å². The van der Waals surface area contributed by atoms with Crippen molar-refractivity contribution in [3.8, 4) is 28.8 Å². The van der Waals surface area contributed by atoms with Crippen LogP contribution in [0.2, 0.25) is 0 Å². The summed E-state index contributed by atoms with van der Waals surface area (Å²) in [6.45, 7) is 1.74. The second kappa shape index (κ2) is 7.75. The average Bonchev–Trinajstić information content (AvgIpc) is 3.46. The molecule has 5 aromatic rings. The molecule has 5 rings (SSSR count). The molecule has 0 aliphatic heterocycles. The van der Waals surface area contributed by atoms with Gasteiger partial charge in [-0.2, -0.15) is 0 Å². The van der Waals surface area contributed by atoms with Crippen LogP contribution in [-0.4, -0.2) is 21.1 Å². The molecule has 0 radical (unpaired) electrons. The largest absolute Gasteiger partial charge is 0.463 e. The van der Waals surface area contributed by atoms with Crippen molar-refractivity contribution in [2.24, 2.45) is 0 Å². The number of esters is 1. The fourth-order valence-corrected chi connectivity index (χ4v) is 3.07. The highest BCUT2D eigenvalue weighted by molar-refractivity contribution is 6.05. The zero-order valence-electron chi connectivity index (χ0n) is 16.3. The van der Waals surface area contributed by atoms with E-state index in [0.717, 1.165) is 0 Å². The Labute approximate surface area is 176 Å².